The van der Waals surface area contributed by atoms with Gasteiger partial charge in [0.25, 0.3) is 0 Å². The summed E-state index contributed by atoms with van der Waals surface area (Å²) >= 11 is 9.80. The molecule has 1 aliphatic heterocycles. The molecule has 1 aromatic heterocycles. The van der Waals surface area contributed by atoms with Crippen LogP contribution in [-0.4, -0.2) is 17.4 Å². The maximum absolute atomic E-state index is 6.20. The molecule has 0 fully saturated rings. The van der Waals surface area contributed by atoms with E-state index in [-0.39, 0.29) is 0 Å². The summed E-state index contributed by atoms with van der Waals surface area (Å²) in [7, 11) is 0. The van der Waals surface area contributed by atoms with Gasteiger partial charge in [0.1, 0.15) is 5.84 Å². The van der Waals surface area contributed by atoms with Crippen LogP contribution in [0.15, 0.2) is 77.0 Å². The number of amidine groups is 1. The van der Waals surface area contributed by atoms with Crippen LogP contribution >= 0.6 is 27.5 Å². The normalized spacial score (nSPS) is 13.5. The van der Waals surface area contributed by atoms with Gasteiger partial charge in [-0.1, -0.05) is 40.2 Å². The second-order valence-corrected chi connectivity index (χ2v) is 8.11. The molecule has 3 aromatic rings. The molecule has 4 rings (SSSR count). The number of rotatable bonds is 3. The predicted octanol–water partition coefficient (Wildman–Crippen LogP) is 6.29. The van der Waals surface area contributed by atoms with E-state index >= 15 is 0 Å². The van der Waals surface area contributed by atoms with E-state index in [2.05, 4.69) is 57.5 Å². The highest BCUT2D eigenvalue weighted by Gasteiger charge is 2.25. The zero-order valence-electron chi connectivity index (χ0n) is 15.5. The number of hydrogen-bond acceptors (Lipinski definition) is 2. The predicted molar refractivity (Wildman–Crippen MR) is 121 cm³/mol. The van der Waals surface area contributed by atoms with Crippen LogP contribution in [0.4, 0.5) is 5.69 Å². The summed E-state index contributed by atoms with van der Waals surface area (Å²) in [4.78, 5) is 11.4. The summed E-state index contributed by atoms with van der Waals surface area (Å²) in [5, 5.41) is 0.762. The molecule has 2 aromatic carbocycles. The van der Waals surface area contributed by atoms with Crippen molar-refractivity contribution in [1.29, 1.82) is 0 Å². The second-order valence-electron chi connectivity index (χ2n) is 6.76. The molecule has 0 amide bonds. The molecule has 0 radical (unpaired) electrons. The van der Waals surface area contributed by atoms with Crippen molar-refractivity contribution >= 4 is 44.8 Å². The van der Waals surface area contributed by atoms with Gasteiger partial charge in [-0.25, -0.2) is 4.99 Å². The lowest BCUT2D eigenvalue weighted by Gasteiger charge is -2.24. The number of halogens is 2. The van der Waals surface area contributed by atoms with Gasteiger partial charge in [0.2, 0.25) is 0 Å². The first-order chi connectivity index (χ1) is 13.5. The topological polar surface area (TPSA) is 28.5 Å². The average molecular weight is 453 g/mol. The number of fused-ring (bicyclic) bond motifs is 1. The Hall–Kier alpha value is -2.43. The molecule has 0 unspecified atom stereocenters. The monoisotopic (exact) mass is 451 g/mol. The Labute approximate surface area is 178 Å². The lowest BCUT2D eigenvalue weighted by molar-refractivity contribution is 1.02. The van der Waals surface area contributed by atoms with Crippen molar-refractivity contribution in [3.8, 4) is 0 Å². The van der Waals surface area contributed by atoms with Crippen molar-refractivity contribution in [2.75, 3.05) is 11.4 Å². The molecule has 5 heteroatoms. The van der Waals surface area contributed by atoms with Crippen molar-refractivity contribution in [3.05, 3.63) is 99.3 Å². The summed E-state index contributed by atoms with van der Waals surface area (Å²) < 4.78 is 1.02. The Morgan fingerprint density at radius 3 is 2.86 bits per heavy atom. The third kappa shape index (κ3) is 3.75. The van der Waals surface area contributed by atoms with Crippen molar-refractivity contribution < 1.29 is 0 Å². The molecule has 2 heterocycles. The van der Waals surface area contributed by atoms with Crippen LogP contribution in [0.1, 0.15) is 22.3 Å². The quantitative estimate of drug-likeness (QED) is 0.345. The lowest BCUT2D eigenvalue weighted by Crippen LogP contribution is -2.30. The molecule has 0 saturated heterocycles. The van der Waals surface area contributed by atoms with Gasteiger partial charge in [-0.3, -0.25) is 4.98 Å². The molecule has 0 atom stereocenters. The van der Waals surface area contributed by atoms with Crippen LogP contribution in [0.3, 0.4) is 0 Å². The summed E-state index contributed by atoms with van der Waals surface area (Å²) in [6.45, 7) is 7.15. The van der Waals surface area contributed by atoms with E-state index in [9.17, 15) is 0 Å². The van der Waals surface area contributed by atoms with Gasteiger partial charge in [0.15, 0.2) is 0 Å². The molecule has 0 aliphatic carbocycles. The highest BCUT2D eigenvalue weighted by molar-refractivity contribution is 9.10. The van der Waals surface area contributed by atoms with Crippen molar-refractivity contribution in [3.63, 3.8) is 0 Å². The lowest BCUT2D eigenvalue weighted by atomic mass is 10.1. The number of aromatic nitrogens is 1. The summed E-state index contributed by atoms with van der Waals surface area (Å²) in [6.07, 6.45) is 4.47. The van der Waals surface area contributed by atoms with E-state index in [4.69, 9.17) is 16.6 Å². The highest BCUT2D eigenvalue weighted by Crippen LogP contribution is 2.33. The minimum atomic E-state index is 0.685. The molecule has 28 heavy (non-hydrogen) atoms. The first-order valence-electron chi connectivity index (χ1n) is 9.03. The fraction of sp³-hybridized carbons (Fsp3) is 0.130. The molecule has 1 aliphatic rings. The largest absolute Gasteiger partial charge is 0.325 e. The highest BCUT2D eigenvalue weighted by atomic mass is 79.9. The maximum Gasteiger partial charge on any atom is 0.141 e. The molecule has 140 valence electrons. The summed E-state index contributed by atoms with van der Waals surface area (Å²) in [5.74, 6) is 0.883. The number of pyridine rings is 1. The Morgan fingerprint density at radius 1 is 1.21 bits per heavy atom. The minimum absolute atomic E-state index is 0.685. The number of hydrogen-bond donors (Lipinski definition) is 0. The van der Waals surface area contributed by atoms with Gasteiger partial charge in [0.05, 0.1) is 5.70 Å². The van der Waals surface area contributed by atoms with Gasteiger partial charge >= 0.3 is 0 Å². The van der Waals surface area contributed by atoms with Crippen LogP contribution in [0.5, 0.6) is 0 Å². The standard InChI is InChI=1S/C23H19BrClN3/c1-15-5-6-19(24)13-21(15)23(27-16(2)18-4-3-10-26-14-18)28-11-9-17-12-20(25)7-8-22(17)28/h3-8,10,12-14H,2,9,11H2,1H3. The molecule has 0 spiro atoms. The molecule has 0 N–H and O–H groups in total. The Balaban J connectivity index is 1.85. The smallest absolute Gasteiger partial charge is 0.141 e. The molecule has 3 nitrogen and oxygen atoms in total. The summed E-state index contributed by atoms with van der Waals surface area (Å²) in [6, 6.07) is 16.2. The van der Waals surface area contributed by atoms with Crippen LogP contribution < -0.4 is 4.90 Å². The average Bonchev–Trinajstić information content (AvgIpc) is 3.11. The van der Waals surface area contributed by atoms with E-state index < -0.39 is 0 Å². The first-order valence-corrected chi connectivity index (χ1v) is 10.2. The molecular weight excluding hydrogens is 434 g/mol. The van der Waals surface area contributed by atoms with Crippen LogP contribution in [0, 0.1) is 6.92 Å². The van der Waals surface area contributed by atoms with Gasteiger partial charge < -0.3 is 4.90 Å². The van der Waals surface area contributed by atoms with Crippen molar-refractivity contribution in [1.82, 2.24) is 4.98 Å². The van der Waals surface area contributed by atoms with E-state index in [1.807, 2.05) is 30.3 Å². The number of benzene rings is 2. The molecule has 0 bridgehead atoms. The number of aryl methyl sites for hydroxylation is 1. The Kier molecular flexibility index (Phi) is 5.33. The Bertz CT molecular complexity index is 1080. The van der Waals surface area contributed by atoms with Crippen molar-refractivity contribution in [2.24, 2.45) is 4.99 Å². The molecular formula is C23H19BrClN3. The van der Waals surface area contributed by atoms with E-state index in [1.54, 1.807) is 12.4 Å². The van der Waals surface area contributed by atoms with E-state index in [1.165, 1.54) is 5.56 Å². The molecule has 0 saturated carbocycles. The SMILES string of the molecule is C=C(N=C(c1cc(Br)ccc1C)N1CCc2cc(Cl)ccc21)c1cccnc1. The fourth-order valence-corrected chi connectivity index (χ4v) is 3.97. The minimum Gasteiger partial charge on any atom is -0.325 e. The van der Waals surface area contributed by atoms with Crippen LogP contribution in [0.25, 0.3) is 5.70 Å². The first kappa shape index (κ1) is 18.9. The van der Waals surface area contributed by atoms with E-state index in [0.717, 1.165) is 50.7 Å². The van der Waals surface area contributed by atoms with Gasteiger partial charge in [-0.05, 0) is 66.9 Å². The zero-order valence-corrected chi connectivity index (χ0v) is 17.8. The van der Waals surface area contributed by atoms with Crippen molar-refractivity contribution in [2.45, 2.75) is 13.3 Å². The van der Waals surface area contributed by atoms with Gasteiger partial charge in [0, 0.05) is 45.2 Å². The third-order valence-electron chi connectivity index (χ3n) is 4.87. The van der Waals surface area contributed by atoms with Gasteiger partial charge in [-0.2, -0.15) is 0 Å². The third-order valence-corrected chi connectivity index (χ3v) is 5.60. The summed E-state index contributed by atoms with van der Waals surface area (Å²) in [5.41, 5.74) is 6.19. The zero-order chi connectivity index (χ0) is 19.7. The number of aliphatic imine (C=N–C) groups is 1. The number of nitrogens with zero attached hydrogens (tertiary/aromatic N) is 3. The second kappa shape index (κ2) is 7.90. The van der Waals surface area contributed by atoms with E-state index in [0.29, 0.717) is 5.70 Å². The van der Waals surface area contributed by atoms with Gasteiger partial charge in [-0.15, -0.1) is 0 Å². The Morgan fingerprint density at radius 2 is 2.07 bits per heavy atom. The fourth-order valence-electron chi connectivity index (χ4n) is 3.42. The van der Waals surface area contributed by atoms with Crippen LogP contribution in [-0.2, 0) is 6.42 Å². The maximum atomic E-state index is 6.20. The number of anilines is 1. The van der Waals surface area contributed by atoms with Crippen LogP contribution in [0.2, 0.25) is 5.02 Å².